The van der Waals surface area contributed by atoms with E-state index < -0.39 is 5.54 Å². The van der Waals surface area contributed by atoms with Gasteiger partial charge in [0.1, 0.15) is 0 Å². The van der Waals surface area contributed by atoms with E-state index in [0.29, 0.717) is 12.3 Å². The second-order valence-corrected chi connectivity index (χ2v) is 4.59. The summed E-state index contributed by atoms with van der Waals surface area (Å²) in [6, 6.07) is 0. The maximum Gasteiger partial charge on any atom is 0.220 e. The first kappa shape index (κ1) is 13.7. The Kier molecular flexibility index (Phi) is 5.11. The Hall–Kier alpha value is -1.26. The van der Waals surface area contributed by atoms with Gasteiger partial charge in [-0.15, -0.1) is 0 Å². The molecule has 4 N–H and O–H groups in total. The van der Waals surface area contributed by atoms with Crippen LogP contribution in [0.5, 0.6) is 0 Å². The maximum absolute atomic E-state index is 11.5. The number of hydrogen-bond acceptors (Lipinski definition) is 3. The number of carbonyl (C=O) groups is 1. The molecule has 1 amide bonds. The van der Waals surface area contributed by atoms with Gasteiger partial charge in [-0.05, 0) is 26.2 Å². The number of nitrogens with zero attached hydrogens (tertiary/aromatic N) is 1. The van der Waals surface area contributed by atoms with Crippen LogP contribution in [0.2, 0.25) is 0 Å². The molecule has 0 fully saturated rings. The fraction of sp³-hybridized carbons (Fsp3) is 0.800. The van der Waals surface area contributed by atoms with Crippen molar-refractivity contribution in [1.29, 1.82) is 0 Å². The molecule has 0 aromatic carbocycles. The van der Waals surface area contributed by atoms with E-state index in [-0.39, 0.29) is 11.7 Å². The number of amides is 1. The molecule has 0 rings (SSSR count). The van der Waals surface area contributed by atoms with Crippen molar-refractivity contribution in [3.63, 3.8) is 0 Å². The van der Waals surface area contributed by atoms with Crippen LogP contribution in [-0.2, 0) is 4.79 Å². The predicted molar refractivity (Wildman–Crippen MR) is 59.7 cm³/mol. The van der Waals surface area contributed by atoms with Crippen LogP contribution in [0.3, 0.4) is 0 Å². The zero-order valence-electron chi connectivity index (χ0n) is 9.87. The van der Waals surface area contributed by atoms with Crippen molar-refractivity contribution in [2.45, 2.75) is 46.1 Å². The van der Waals surface area contributed by atoms with Crippen LogP contribution < -0.4 is 11.1 Å². The van der Waals surface area contributed by atoms with Crippen molar-refractivity contribution in [2.24, 2.45) is 16.8 Å². The molecule has 0 aromatic rings. The molecular formula is C10H21N3O2. The summed E-state index contributed by atoms with van der Waals surface area (Å²) in [5.41, 5.74) is 4.64. The normalized spacial score (nSPS) is 13.0. The summed E-state index contributed by atoms with van der Waals surface area (Å²) in [6.45, 7) is 7.49. The Labute approximate surface area is 90.7 Å². The average Bonchev–Trinajstić information content (AvgIpc) is 2.12. The van der Waals surface area contributed by atoms with Crippen molar-refractivity contribution in [1.82, 2.24) is 5.32 Å². The molecule has 15 heavy (non-hydrogen) atoms. The summed E-state index contributed by atoms with van der Waals surface area (Å²) in [6.07, 6.45) is 1.29. The zero-order chi connectivity index (χ0) is 12.1. The molecule has 0 saturated heterocycles. The lowest BCUT2D eigenvalue weighted by molar-refractivity contribution is -0.122. The third kappa shape index (κ3) is 5.24. The summed E-state index contributed by atoms with van der Waals surface area (Å²) in [5, 5.41) is 14.1. The summed E-state index contributed by atoms with van der Waals surface area (Å²) in [4.78, 5) is 11.5. The Morgan fingerprint density at radius 1 is 1.53 bits per heavy atom. The highest BCUT2D eigenvalue weighted by molar-refractivity contribution is 5.93. The fourth-order valence-corrected chi connectivity index (χ4v) is 1.02. The molecule has 0 aromatic heterocycles. The molecule has 0 spiro atoms. The minimum Gasteiger partial charge on any atom is -0.409 e. The molecule has 0 radical (unpaired) electrons. The van der Waals surface area contributed by atoms with E-state index in [2.05, 4.69) is 24.3 Å². The van der Waals surface area contributed by atoms with Crippen LogP contribution in [0.25, 0.3) is 0 Å². The van der Waals surface area contributed by atoms with E-state index in [0.717, 1.165) is 6.42 Å². The molecule has 0 bridgehead atoms. The maximum atomic E-state index is 11.5. The van der Waals surface area contributed by atoms with Crippen molar-refractivity contribution in [2.75, 3.05) is 0 Å². The number of carbonyl (C=O) groups excluding carboxylic acids is 1. The minimum absolute atomic E-state index is 0.000368. The van der Waals surface area contributed by atoms with Gasteiger partial charge in [0.2, 0.25) is 5.91 Å². The standard InChI is InChI=1S/C10H21N3O2/c1-7(2)5-6-8(14)12-10(3,4)9(11)13-15/h7,15H,5-6H2,1-4H3,(H2,11,13)(H,12,14). The number of nitrogens with two attached hydrogens (primary N) is 1. The van der Waals surface area contributed by atoms with Gasteiger partial charge >= 0.3 is 0 Å². The van der Waals surface area contributed by atoms with Gasteiger partial charge < -0.3 is 16.3 Å². The molecular weight excluding hydrogens is 194 g/mol. The summed E-state index contributed by atoms with van der Waals surface area (Å²) in [7, 11) is 0. The van der Waals surface area contributed by atoms with E-state index in [1.807, 2.05) is 0 Å². The molecule has 0 atom stereocenters. The molecule has 0 aliphatic carbocycles. The van der Waals surface area contributed by atoms with Gasteiger partial charge in [0.25, 0.3) is 0 Å². The number of oxime groups is 1. The van der Waals surface area contributed by atoms with Gasteiger partial charge in [0.15, 0.2) is 5.84 Å². The van der Waals surface area contributed by atoms with Crippen LogP contribution in [0.4, 0.5) is 0 Å². The Bertz CT molecular complexity index is 247. The van der Waals surface area contributed by atoms with E-state index >= 15 is 0 Å². The average molecular weight is 215 g/mol. The lowest BCUT2D eigenvalue weighted by Gasteiger charge is -2.24. The first-order chi connectivity index (χ1) is 6.79. The monoisotopic (exact) mass is 215 g/mol. The largest absolute Gasteiger partial charge is 0.409 e. The van der Waals surface area contributed by atoms with Gasteiger partial charge in [-0.3, -0.25) is 4.79 Å². The number of rotatable bonds is 5. The van der Waals surface area contributed by atoms with Crippen LogP contribution in [0.1, 0.15) is 40.5 Å². The van der Waals surface area contributed by atoms with E-state index in [1.165, 1.54) is 0 Å². The van der Waals surface area contributed by atoms with Crippen LogP contribution >= 0.6 is 0 Å². The molecule has 88 valence electrons. The summed E-state index contributed by atoms with van der Waals surface area (Å²) in [5.74, 6) is 0.406. The minimum atomic E-state index is -0.803. The highest BCUT2D eigenvalue weighted by Crippen LogP contribution is 2.06. The van der Waals surface area contributed by atoms with Gasteiger partial charge in [0, 0.05) is 6.42 Å². The second kappa shape index (κ2) is 5.58. The quantitative estimate of drug-likeness (QED) is 0.277. The smallest absolute Gasteiger partial charge is 0.220 e. The topological polar surface area (TPSA) is 87.7 Å². The van der Waals surface area contributed by atoms with Crippen LogP contribution in [0.15, 0.2) is 5.16 Å². The molecule has 0 unspecified atom stereocenters. The van der Waals surface area contributed by atoms with Crippen LogP contribution in [0, 0.1) is 5.92 Å². The van der Waals surface area contributed by atoms with E-state index in [9.17, 15) is 4.79 Å². The Morgan fingerprint density at radius 2 is 2.07 bits per heavy atom. The fourth-order valence-electron chi connectivity index (χ4n) is 1.02. The molecule has 5 heteroatoms. The van der Waals surface area contributed by atoms with E-state index in [1.54, 1.807) is 13.8 Å². The predicted octanol–water partition coefficient (Wildman–Crippen LogP) is 1.06. The van der Waals surface area contributed by atoms with Crippen molar-refractivity contribution in [3.8, 4) is 0 Å². The Balaban J connectivity index is 4.17. The third-order valence-electron chi connectivity index (χ3n) is 2.15. The molecule has 0 saturated carbocycles. The molecule has 0 aliphatic heterocycles. The molecule has 0 aliphatic rings. The first-order valence-corrected chi connectivity index (χ1v) is 5.08. The second-order valence-electron chi connectivity index (χ2n) is 4.59. The first-order valence-electron chi connectivity index (χ1n) is 5.08. The molecule has 0 heterocycles. The lowest BCUT2D eigenvalue weighted by Crippen LogP contribution is -2.53. The highest BCUT2D eigenvalue weighted by atomic mass is 16.4. The number of amidine groups is 1. The number of hydrogen-bond donors (Lipinski definition) is 3. The highest BCUT2D eigenvalue weighted by Gasteiger charge is 2.25. The van der Waals surface area contributed by atoms with Gasteiger partial charge in [-0.2, -0.15) is 0 Å². The lowest BCUT2D eigenvalue weighted by atomic mass is 10.0. The number of nitrogens with one attached hydrogen (secondary N) is 1. The van der Waals surface area contributed by atoms with Crippen molar-refractivity contribution >= 4 is 11.7 Å². The SMILES string of the molecule is CC(C)CCC(=O)NC(C)(C)/C(N)=N/O. The third-order valence-corrected chi connectivity index (χ3v) is 2.15. The summed E-state index contributed by atoms with van der Waals surface area (Å²) >= 11 is 0. The van der Waals surface area contributed by atoms with Crippen molar-refractivity contribution in [3.05, 3.63) is 0 Å². The van der Waals surface area contributed by atoms with Crippen molar-refractivity contribution < 1.29 is 10.0 Å². The van der Waals surface area contributed by atoms with Gasteiger partial charge in [0.05, 0.1) is 5.54 Å². The van der Waals surface area contributed by atoms with Gasteiger partial charge in [-0.1, -0.05) is 19.0 Å². The van der Waals surface area contributed by atoms with Gasteiger partial charge in [-0.25, -0.2) is 0 Å². The molecule has 5 nitrogen and oxygen atoms in total. The zero-order valence-corrected chi connectivity index (χ0v) is 9.87. The van der Waals surface area contributed by atoms with E-state index in [4.69, 9.17) is 10.9 Å². The Morgan fingerprint density at radius 3 is 2.47 bits per heavy atom. The summed E-state index contributed by atoms with van der Waals surface area (Å²) < 4.78 is 0. The van der Waals surface area contributed by atoms with Crippen LogP contribution in [-0.4, -0.2) is 22.5 Å².